The molecule has 0 bridgehead atoms. The van der Waals surface area contributed by atoms with Crippen molar-refractivity contribution in [1.82, 2.24) is 10.6 Å². The lowest BCUT2D eigenvalue weighted by molar-refractivity contribution is -0.191. The Hall–Kier alpha value is -3.67. The monoisotopic (exact) mass is 2020 g/mol. The van der Waals surface area contributed by atoms with Crippen molar-refractivity contribution < 1.29 is 204 Å². The number of nitrogens with two attached hydrogens (primary N) is 1. The van der Waals surface area contributed by atoms with Crippen LogP contribution in [0.15, 0.2) is 0 Å². The minimum absolute atomic E-state index is 0.0413. The van der Waals surface area contributed by atoms with Crippen molar-refractivity contribution in [1.29, 1.82) is 0 Å². The fourth-order valence-corrected chi connectivity index (χ4v) is 9.93. The number of aliphatic carboxylic acids is 1. The summed E-state index contributed by atoms with van der Waals surface area (Å²) in [5, 5.41) is 13.5. The highest BCUT2D eigenvalue weighted by atomic mass is 32.1. The van der Waals surface area contributed by atoms with E-state index in [1.165, 1.54) is 6.92 Å². The van der Waals surface area contributed by atoms with Crippen LogP contribution in [0.2, 0.25) is 0 Å². The largest absolute Gasteiger partial charge is 0.480 e. The SMILES string of the molecule is CCCC(=O)CCC(N)C(=O)N[C@@H](C)C(=O)N[C@@H](CS)C(=O)O.CCCCOCCOCCOCCOCCOCCOCCOCCOCCOCCOCCOCCOCCOCCOCCOCCOCCOCCOCCOCCOCCOCCOCCOCCOCCOCCOCCOCCOCCOCCOCCOCCOCCOCCOCCOCCOC.O=C=O. The Kier molecular flexibility index (Phi) is 127. The van der Waals surface area contributed by atoms with Crippen LogP contribution in [0.5, 0.6) is 0 Å². The maximum absolute atomic E-state index is 11.9. The first-order chi connectivity index (χ1) is 67.6. The predicted octanol–water partition coefficient (Wildman–Crippen LogP) is 0.897. The van der Waals surface area contributed by atoms with Crippen molar-refractivity contribution in [2.24, 2.45) is 5.73 Å². The quantitative estimate of drug-likeness (QED) is 0.0417. The molecule has 3 atom stereocenters. The molecule has 0 aliphatic carbocycles. The third kappa shape index (κ3) is 125. The van der Waals surface area contributed by atoms with Crippen LogP contribution in [0.3, 0.4) is 0 Å². The summed E-state index contributed by atoms with van der Waals surface area (Å²) in [4.78, 5) is 62.1. The van der Waals surface area contributed by atoms with E-state index in [0.717, 1.165) is 25.9 Å². The third-order valence-corrected chi connectivity index (χ3v) is 17.2. The van der Waals surface area contributed by atoms with Crippen LogP contribution in [-0.4, -0.2) is 535 Å². The third-order valence-electron chi connectivity index (χ3n) is 16.9. The summed E-state index contributed by atoms with van der Waals surface area (Å²) < 4.78 is 198. The predicted molar refractivity (Wildman–Crippen MR) is 499 cm³/mol. The number of carbonyl (C=O) groups is 4. The zero-order valence-electron chi connectivity index (χ0n) is 83.0. The van der Waals surface area contributed by atoms with Crippen LogP contribution in [-0.2, 0) is 199 Å². The molecule has 0 rings (SSSR count). The number of thiol groups is 1. The first-order valence-electron chi connectivity index (χ1n) is 48.0. The van der Waals surface area contributed by atoms with Gasteiger partial charge in [-0.25, -0.2) is 4.79 Å². The highest BCUT2D eigenvalue weighted by molar-refractivity contribution is 7.80. The van der Waals surface area contributed by atoms with E-state index in [-0.39, 0.29) is 30.5 Å². The van der Waals surface area contributed by atoms with Gasteiger partial charge in [0.2, 0.25) is 11.8 Å². The molecule has 0 aromatic heterocycles. The summed E-state index contributed by atoms with van der Waals surface area (Å²) >= 11 is 3.83. The van der Waals surface area contributed by atoms with Crippen LogP contribution in [0, 0.1) is 0 Å². The smallest absolute Gasteiger partial charge is 0.373 e. The Labute approximate surface area is 819 Å². The average Bonchev–Trinajstić information content (AvgIpc) is 0.898. The second-order valence-electron chi connectivity index (χ2n) is 28.1. The van der Waals surface area contributed by atoms with Crippen molar-refractivity contribution in [3.8, 4) is 0 Å². The molecule has 0 fully saturated rings. The zero-order chi connectivity index (χ0) is 99.8. The number of amides is 2. The lowest BCUT2D eigenvalue weighted by atomic mass is 10.1. The van der Waals surface area contributed by atoms with Crippen molar-refractivity contribution in [3.05, 3.63) is 0 Å². The van der Waals surface area contributed by atoms with Gasteiger partial charge in [-0.15, -0.1) is 0 Å². The van der Waals surface area contributed by atoms with Crippen LogP contribution in [0.1, 0.15) is 59.3 Å². The number of carboxylic acids is 1. The van der Waals surface area contributed by atoms with Crippen molar-refractivity contribution in [3.63, 3.8) is 0 Å². The van der Waals surface area contributed by atoms with E-state index < -0.39 is 35.9 Å². The molecule has 1 unspecified atom stereocenters. The number of rotatable bonds is 119. The second-order valence-corrected chi connectivity index (χ2v) is 28.5. The van der Waals surface area contributed by atoms with E-state index in [0.29, 0.717) is 469 Å². The lowest BCUT2D eigenvalue weighted by Crippen LogP contribution is -2.53. The molecule has 2 amide bonds. The molecular weight excluding hydrogens is 1840 g/mol. The van der Waals surface area contributed by atoms with E-state index in [2.05, 4.69) is 30.2 Å². The molecule has 0 aliphatic heterocycles. The summed E-state index contributed by atoms with van der Waals surface area (Å²) in [6, 6.07) is -2.97. The van der Waals surface area contributed by atoms with E-state index in [1.54, 1.807) is 7.11 Å². The fourth-order valence-electron chi connectivity index (χ4n) is 9.69. The molecule has 46 nitrogen and oxygen atoms in total. The minimum Gasteiger partial charge on any atom is -0.480 e. The number of carbonyl (C=O) groups excluding carboxylic acids is 5. The standard InChI is InChI=1S/C75H152O36.C14H25N3O5S.CO2/c1-3-4-5-77-8-9-79-12-13-81-16-17-83-20-21-85-24-25-87-28-29-89-32-33-91-36-37-93-40-41-95-44-45-97-48-49-99-52-53-101-56-57-103-60-61-105-64-65-107-68-69-109-72-73-111-75-74-110-71-70-108-67-66-106-63-62-104-59-58-102-55-54-100-51-50-98-47-46-96-43-42-94-39-38-92-35-34-90-31-30-88-27-26-86-23-22-84-19-18-82-15-14-80-11-10-78-7-6-76-2;1-3-4-9(18)5-6-10(15)13(20)16-8(2)12(19)17-11(7-23)14(21)22;2-1-3/h3-75H2,1-2H3;8,10-11,23H,3-7,15H2,1-2H3,(H,16,20)(H,17,19)(H,21,22);/t;8-,10?,11-;/m.0./s1. The zero-order valence-corrected chi connectivity index (χ0v) is 83.9. The minimum atomic E-state index is -1.21. The average molecular weight is 2020 g/mol. The molecule has 0 aromatic rings. The van der Waals surface area contributed by atoms with E-state index >= 15 is 0 Å². The van der Waals surface area contributed by atoms with Gasteiger partial charge in [-0.1, -0.05) is 20.3 Å². The van der Waals surface area contributed by atoms with Gasteiger partial charge in [-0.3, -0.25) is 14.4 Å². The van der Waals surface area contributed by atoms with Crippen LogP contribution in [0.25, 0.3) is 0 Å². The Balaban J connectivity index is -0.00000595. The number of methoxy groups -OCH3 is 1. The molecular formula is C90H177N3O43S. The Morgan fingerprint density at radius 2 is 0.409 bits per heavy atom. The fraction of sp³-hybridized carbons (Fsp3) is 0.944. The first-order valence-corrected chi connectivity index (χ1v) is 48.6. The number of nitrogens with one attached hydrogen (secondary N) is 2. The molecule has 816 valence electrons. The van der Waals surface area contributed by atoms with Gasteiger partial charge in [0, 0.05) is 32.3 Å². The summed E-state index contributed by atoms with van der Waals surface area (Å²) in [7, 11) is 1.64. The molecule has 0 heterocycles. The molecule has 0 saturated heterocycles. The topological polar surface area (TPSA) is 505 Å². The lowest BCUT2D eigenvalue weighted by Gasteiger charge is -2.19. The Morgan fingerprint density at radius 3 is 0.540 bits per heavy atom. The number of hydrogen-bond acceptors (Lipinski definition) is 44. The van der Waals surface area contributed by atoms with Crippen LogP contribution < -0.4 is 16.4 Å². The summed E-state index contributed by atoms with van der Waals surface area (Å²) in [6.45, 7) is 41.1. The first kappa shape index (κ1) is 137. The number of hydrogen-bond donors (Lipinski definition) is 5. The summed E-state index contributed by atoms with van der Waals surface area (Å²) in [6.07, 6.45) is 4.08. The number of carboxylic acid groups (broad SMARTS) is 1. The molecule has 0 radical (unpaired) electrons. The maximum Gasteiger partial charge on any atom is 0.373 e. The van der Waals surface area contributed by atoms with Gasteiger partial charge in [-0.05, 0) is 26.2 Å². The van der Waals surface area contributed by atoms with Gasteiger partial charge in [-0.2, -0.15) is 22.2 Å². The summed E-state index contributed by atoms with van der Waals surface area (Å²) in [5.41, 5.74) is 5.68. The molecule has 0 spiro atoms. The Bertz CT molecular complexity index is 2240. The molecule has 0 aliphatic rings. The highest BCUT2D eigenvalue weighted by Gasteiger charge is 2.25. The number of Topliss-reactive ketones (excluding diaryl/α,β-unsaturated/α-hetero) is 1. The highest BCUT2D eigenvalue weighted by Crippen LogP contribution is 2.03. The van der Waals surface area contributed by atoms with Crippen molar-refractivity contribution in [2.45, 2.75) is 77.4 Å². The molecule has 47 heteroatoms. The van der Waals surface area contributed by atoms with Gasteiger partial charge in [0.15, 0.2) is 0 Å². The van der Waals surface area contributed by atoms with Crippen molar-refractivity contribution in [2.75, 3.05) is 482 Å². The van der Waals surface area contributed by atoms with Crippen LogP contribution in [0.4, 0.5) is 0 Å². The van der Waals surface area contributed by atoms with Gasteiger partial charge >= 0.3 is 12.1 Å². The van der Waals surface area contributed by atoms with Gasteiger partial charge in [0.25, 0.3) is 0 Å². The molecule has 137 heavy (non-hydrogen) atoms. The number of unbranched alkanes of at least 4 members (excludes halogenated alkanes) is 1. The molecule has 0 saturated carbocycles. The maximum atomic E-state index is 11.9. The van der Waals surface area contributed by atoms with E-state index in [9.17, 15) is 19.2 Å². The normalized spacial score (nSPS) is 12.1. The van der Waals surface area contributed by atoms with E-state index in [1.807, 2.05) is 6.92 Å². The number of ether oxygens (including phenoxy) is 36. The van der Waals surface area contributed by atoms with Crippen LogP contribution >= 0.6 is 12.6 Å². The van der Waals surface area contributed by atoms with Gasteiger partial charge in [0.1, 0.15) is 17.9 Å². The second kappa shape index (κ2) is 126. The molecule has 5 N–H and O–H groups in total. The Morgan fingerprint density at radius 1 is 0.255 bits per heavy atom. The van der Waals surface area contributed by atoms with Gasteiger partial charge in [0.05, 0.1) is 469 Å². The molecule has 0 aromatic carbocycles. The van der Waals surface area contributed by atoms with Gasteiger partial charge < -0.3 is 192 Å². The van der Waals surface area contributed by atoms with Crippen molar-refractivity contribution >= 4 is 42.3 Å². The summed E-state index contributed by atoms with van der Waals surface area (Å²) in [5.74, 6) is -2.44. The van der Waals surface area contributed by atoms with E-state index in [4.69, 9.17) is 191 Å². The number of ketones is 1.